The van der Waals surface area contributed by atoms with Crippen molar-refractivity contribution < 1.29 is 31.1 Å². The molecule has 1 heterocycles. The highest BCUT2D eigenvalue weighted by atomic mass is 19.4. The summed E-state index contributed by atoms with van der Waals surface area (Å²) in [6.45, 7) is 0.968. The number of amides is 1. The van der Waals surface area contributed by atoms with Crippen LogP contribution in [0.3, 0.4) is 0 Å². The molecule has 0 spiro atoms. The first-order valence-corrected chi connectivity index (χ1v) is 9.27. The van der Waals surface area contributed by atoms with E-state index in [9.17, 15) is 31.1 Å². The van der Waals surface area contributed by atoms with Crippen LogP contribution in [0.2, 0.25) is 0 Å². The normalized spacial score (nSPS) is 20.1. The van der Waals surface area contributed by atoms with Crippen molar-refractivity contribution in [1.29, 1.82) is 0 Å². The van der Waals surface area contributed by atoms with Crippen LogP contribution in [0.4, 0.5) is 26.3 Å². The number of halogens is 6. The van der Waals surface area contributed by atoms with Gasteiger partial charge in [0.25, 0.3) is 0 Å². The molecule has 3 nitrogen and oxygen atoms in total. The molecule has 1 saturated heterocycles. The Morgan fingerprint density at radius 1 is 1.00 bits per heavy atom. The molecule has 3 rings (SSSR count). The monoisotopic (exact) mass is 408 g/mol. The summed E-state index contributed by atoms with van der Waals surface area (Å²) in [5, 5.41) is 5.78. The van der Waals surface area contributed by atoms with Gasteiger partial charge in [-0.2, -0.15) is 26.3 Å². The smallest absolute Gasteiger partial charge is 0.352 e. The van der Waals surface area contributed by atoms with Crippen LogP contribution in [0.25, 0.3) is 0 Å². The largest absolute Gasteiger partial charge is 0.416 e. The zero-order valence-electron chi connectivity index (χ0n) is 15.1. The Morgan fingerprint density at radius 2 is 1.54 bits per heavy atom. The van der Waals surface area contributed by atoms with E-state index in [0.29, 0.717) is 44.0 Å². The summed E-state index contributed by atoms with van der Waals surface area (Å²) in [5.41, 5.74) is -3.56. The van der Waals surface area contributed by atoms with Gasteiger partial charge in [0.1, 0.15) is 0 Å². The fraction of sp³-hybridized carbons (Fsp3) is 0.632. The van der Waals surface area contributed by atoms with Crippen molar-refractivity contribution in [2.24, 2.45) is 11.3 Å². The van der Waals surface area contributed by atoms with Crippen LogP contribution in [0.5, 0.6) is 0 Å². The highest BCUT2D eigenvalue weighted by Gasteiger charge is 2.43. The predicted molar refractivity (Wildman–Crippen MR) is 90.2 cm³/mol. The van der Waals surface area contributed by atoms with Crippen molar-refractivity contribution in [3.8, 4) is 0 Å². The van der Waals surface area contributed by atoms with Gasteiger partial charge < -0.3 is 10.6 Å². The minimum Gasteiger partial charge on any atom is -0.352 e. The first-order chi connectivity index (χ1) is 13.0. The van der Waals surface area contributed by atoms with Crippen LogP contribution >= 0.6 is 0 Å². The van der Waals surface area contributed by atoms with Gasteiger partial charge in [-0.15, -0.1) is 0 Å². The molecule has 0 atom stereocenters. The maximum Gasteiger partial charge on any atom is 0.416 e. The molecule has 2 aliphatic rings. The van der Waals surface area contributed by atoms with E-state index in [1.807, 2.05) is 0 Å². The summed E-state index contributed by atoms with van der Waals surface area (Å²) in [7, 11) is 0. The Labute approximate surface area is 158 Å². The Kier molecular flexibility index (Phi) is 5.67. The molecule has 1 aromatic carbocycles. The topological polar surface area (TPSA) is 41.1 Å². The van der Waals surface area contributed by atoms with Crippen LogP contribution in [0.15, 0.2) is 18.2 Å². The number of rotatable bonds is 5. The van der Waals surface area contributed by atoms with Gasteiger partial charge in [-0.25, -0.2) is 0 Å². The second-order valence-electron chi connectivity index (χ2n) is 7.77. The average molecular weight is 408 g/mol. The predicted octanol–water partition coefficient (Wildman–Crippen LogP) is 4.51. The third-order valence-electron chi connectivity index (χ3n) is 5.52. The summed E-state index contributed by atoms with van der Waals surface area (Å²) in [4.78, 5) is 12.8. The minimum atomic E-state index is -4.90. The molecular weight excluding hydrogens is 386 g/mol. The Balaban J connectivity index is 1.77. The lowest BCUT2D eigenvalue weighted by Crippen LogP contribution is -2.47. The Bertz CT molecular complexity index is 686. The van der Waals surface area contributed by atoms with Crippen LogP contribution in [0, 0.1) is 11.3 Å². The Hall–Kier alpha value is -1.77. The van der Waals surface area contributed by atoms with Gasteiger partial charge in [-0.3, -0.25) is 4.79 Å². The first-order valence-electron chi connectivity index (χ1n) is 9.27. The number of hydrogen-bond acceptors (Lipinski definition) is 2. The number of nitrogens with one attached hydrogen (secondary N) is 2. The van der Waals surface area contributed by atoms with E-state index in [1.165, 1.54) is 0 Å². The number of hydrogen-bond donors (Lipinski definition) is 2. The molecule has 1 aromatic rings. The number of benzene rings is 1. The summed E-state index contributed by atoms with van der Waals surface area (Å²) in [5.74, 6) is 0.195. The number of carbonyl (C=O) groups is 1. The maximum atomic E-state index is 13.0. The van der Waals surface area contributed by atoms with E-state index < -0.39 is 28.9 Å². The maximum absolute atomic E-state index is 13.0. The molecule has 1 aliphatic carbocycles. The zero-order valence-corrected chi connectivity index (χ0v) is 15.1. The molecule has 0 radical (unpaired) electrons. The van der Waals surface area contributed by atoms with E-state index in [-0.39, 0.29) is 24.1 Å². The van der Waals surface area contributed by atoms with Gasteiger partial charge in [0.15, 0.2) is 0 Å². The van der Waals surface area contributed by atoms with Crippen molar-refractivity contribution in [3.05, 3.63) is 34.9 Å². The fourth-order valence-electron chi connectivity index (χ4n) is 3.80. The van der Waals surface area contributed by atoms with Crippen molar-refractivity contribution in [2.75, 3.05) is 13.1 Å². The molecule has 1 aliphatic heterocycles. The quantitative estimate of drug-likeness (QED) is 0.704. The lowest BCUT2D eigenvalue weighted by Gasteiger charge is -2.36. The zero-order chi connectivity index (χ0) is 20.6. The van der Waals surface area contributed by atoms with Gasteiger partial charge in [0.05, 0.1) is 16.5 Å². The van der Waals surface area contributed by atoms with Gasteiger partial charge in [-0.05, 0) is 62.0 Å². The number of piperidine rings is 1. The van der Waals surface area contributed by atoms with E-state index in [2.05, 4.69) is 10.6 Å². The van der Waals surface area contributed by atoms with Crippen molar-refractivity contribution in [3.63, 3.8) is 0 Å². The molecule has 28 heavy (non-hydrogen) atoms. The molecular formula is C19H22F6N2O. The third kappa shape index (κ3) is 4.98. The number of alkyl halides is 6. The van der Waals surface area contributed by atoms with Gasteiger partial charge >= 0.3 is 12.4 Å². The minimum absolute atomic E-state index is 0.0900. The summed E-state index contributed by atoms with van der Waals surface area (Å²) >= 11 is 0. The molecule has 2 N–H and O–H groups in total. The molecule has 156 valence electrons. The molecule has 0 aromatic heterocycles. The SMILES string of the molecule is O=C(NCc1cc(C(F)(F)F)cc(C(F)(F)F)c1)C1(CC2CC2)CCNCC1. The number of carbonyl (C=O) groups excluding carboxylic acids is 1. The average Bonchev–Trinajstić information content (AvgIpc) is 3.42. The molecule has 0 unspecified atom stereocenters. The second-order valence-corrected chi connectivity index (χ2v) is 7.77. The fourth-order valence-corrected chi connectivity index (χ4v) is 3.80. The van der Waals surface area contributed by atoms with Crippen LogP contribution < -0.4 is 10.6 Å². The van der Waals surface area contributed by atoms with Gasteiger partial charge in [-0.1, -0.05) is 12.8 Å². The molecule has 2 fully saturated rings. The second kappa shape index (κ2) is 7.57. The lowest BCUT2D eigenvalue weighted by molar-refractivity contribution is -0.143. The molecule has 1 amide bonds. The van der Waals surface area contributed by atoms with E-state index in [4.69, 9.17) is 0 Å². The summed E-state index contributed by atoms with van der Waals surface area (Å²) in [6.07, 6.45) is -5.73. The third-order valence-corrected chi connectivity index (χ3v) is 5.52. The molecule has 1 saturated carbocycles. The van der Waals surface area contributed by atoms with Crippen molar-refractivity contribution in [2.45, 2.75) is 51.0 Å². The van der Waals surface area contributed by atoms with Gasteiger partial charge in [0.2, 0.25) is 5.91 Å². The molecule has 0 bridgehead atoms. The summed E-state index contributed by atoms with van der Waals surface area (Å²) < 4.78 is 77.9. The van der Waals surface area contributed by atoms with Crippen molar-refractivity contribution in [1.82, 2.24) is 10.6 Å². The standard InChI is InChI=1S/C19H22F6N2O/c20-18(21,22)14-7-13(8-15(9-14)19(23,24)25)11-27-16(28)17(10-12-1-2-12)3-5-26-6-4-17/h7-9,12,26H,1-6,10-11H2,(H,27,28). The van der Waals surface area contributed by atoms with Crippen LogP contribution in [-0.2, 0) is 23.7 Å². The van der Waals surface area contributed by atoms with Gasteiger partial charge in [0, 0.05) is 6.54 Å². The van der Waals surface area contributed by atoms with E-state index >= 15 is 0 Å². The van der Waals surface area contributed by atoms with E-state index in [0.717, 1.165) is 19.3 Å². The van der Waals surface area contributed by atoms with E-state index in [1.54, 1.807) is 0 Å². The lowest BCUT2D eigenvalue weighted by atomic mass is 9.74. The first kappa shape index (κ1) is 21.0. The molecule has 9 heteroatoms. The Morgan fingerprint density at radius 3 is 2.00 bits per heavy atom. The van der Waals surface area contributed by atoms with Crippen LogP contribution in [-0.4, -0.2) is 19.0 Å². The highest BCUT2D eigenvalue weighted by molar-refractivity contribution is 5.82. The van der Waals surface area contributed by atoms with Crippen molar-refractivity contribution >= 4 is 5.91 Å². The highest BCUT2D eigenvalue weighted by Crippen LogP contribution is 2.45. The summed E-state index contributed by atoms with van der Waals surface area (Å²) in [6, 6.07) is 1.41. The van der Waals surface area contributed by atoms with Crippen LogP contribution in [0.1, 0.15) is 48.8 Å².